The number of hydrogen-bond acceptors (Lipinski definition) is 4. The van der Waals surface area contributed by atoms with Gasteiger partial charge in [0.15, 0.2) is 0 Å². The molecule has 0 spiro atoms. The molecule has 0 radical (unpaired) electrons. The first kappa shape index (κ1) is 30.8. The molecule has 6 heteroatoms. The summed E-state index contributed by atoms with van der Waals surface area (Å²) in [7, 11) is 0. The fourth-order valence-electron chi connectivity index (χ4n) is 5.04. The summed E-state index contributed by atoms with van der Waals surface area (Å²) in [5.74, 6) is -0.0357. The van der Waals surface area contributed by atoms with Gasteiger partial charge in [-0.1, -0.05) is 98.3 Å². The van der Waals surface area contributed by atoms with Gasteiger partial charge in [0.25, 0.3) is 0 Å². The highest BCUT2D eigenvalue weighted by Gasteiger charge is 2.23. The Kier molecular flexibility index (Phi) is 11.1. The number of carboxylic acid groups (broad SMARTS) is 1. The lowest BCUT2D eigenvalue weighted by Gasteiger charge is -2.27. The van der Waals surface area contributed by atoms with Crippen molar-refractivity contribution in [3.63, 3.8) is 0 Å². The number of benzene rings is 4. The van der Waals surface area contributed by atoms with Crippen molar-refractivity contribution >= 4 is 5.97 Å². The summed E-state index contributed by atoms with van der Waals surface area (Å²) in [6.07, 6.45) is 0.511. The monoisotopic (exact) mass is 569 g/mol. The SMILES string of the molecule is Cc1cccc(COc2ccccc2CN(CCC(C(=O)O)C(C)C)Cc2ccccc2OCc2ccccc2F)c1. The Labute approximate surface area is 248 Å². The summed E-state index contributed by atoms with van der Waals surface area (Å²) in [4.78, 5) is 14.2. The Balaban J connectivity index is 1.54. The second kappa shape index (κ2) is 15.2. The largest absolute Gasteiger partial charge is 0.489 e. The number of ether oxygens (including phenoxy) is 2. The van der Waals surface area contributed by atoms with Crippen molar-refractivity contribution in [1.29, 1.82) is 0 Å². The maximum Gasteiger partial charge on any atom is 0.306 e. The summed E-state index contributed by atoms with van der Waals surface area (Å²) in [5, 5.41) is 9.83. The van der Waals surface area contributed by atoms with Gasteiger partial charge in [-0.25, -0.2) is 4.39 Å². The summed E-state index contributed by atoms with van der Waals surface area (Å²) in [6, 6.07) is 30.6. The molecule has 0 aliphatic rings. The van der Waals surface area contributed by atoms with E-state index in [2.05, 4.69) is 36.1 Å². The molecule has 0 aromatic heterocycles. The molecule has 0 heterocycles. The molecule has 0 fully saturated rings. The van der Waals surface area contributed by atoms with E-state index < -0.39 is 11.9 Å². The first-order valence-corrected chi connectivity index (χ1v) is 14.5. The van der Waals surface area contributed by atoms with E-state index in [1.54, 1.807) is 18.2 Å². The van der Waals surface area contributed by atoms with Gasteiger partial charge in [-0.2, -0.15) is 0 Å². The number of nitrogens with zero attached hydrogens (tertiary/aromatic N) is 1. The molecule has 1 N–H and O–H groups in total. The smallest absolute Gasteiger partial charge is 0.306 e. The van der Waals surface area contributed by atoms with Crippen molar-refractivity contribution in [2.24, 2.45) is 11.8 Å². The highest BCUT2D eigenvalue weighted by molar-refractivity contribution is 5.70. The molecule has 0 bridgehead atoms. The third-order valence-corrected chi connectivity index (χ3v) is 7.43. The quantitative estimate of drug-likeness (QED) is 0.157. The molecule has 1 atom stereocenters. The molecule has 42 heavy (non-hydrogen) atoms. The molecular weight excluding hydrogens is 529 g/mol. The van der Waals surface area contributed by atoms with Crippen LogP contribution < -0.4 is 9.47 Å². The molecule has 0 aliphatic heterocycles. The van der Waals surface area contributed by atoms with E-state index in [1.807, 2.05) is 62.4 Å². The van der Waals surface area contributed by atoms with Crippen molar-refractivity contribution < 1.29 is 23.8 Å². The molecule has 0 saturated carbocycles. The van der Waals surface area contributed by atoms with E-state index in [0.29, 0.717) is 44.0 Å². The molecule has 4 aromatic carbocycles. The Hall–Kier alpha value is -4.16. The van der Waals surface area contributed by atoms with Crippen LogP contribution in [0.4, 0.5) is 4.39 Å². The minimum atomic E-state index is -0.777. The zero-order valence-electron chi connectivity index (χ0n) is 24.6. The molecule has 0 saturated heterocycles. The van der Waals surface area contributed by atoms with Crippen LogP contribution in [0.1, 0.15) is 48.1 Å². The van der Waals surface area contributed by atoms with Crippen LogP contribution in [0.25, 0.3) is 0 Å². The maximum absolute atomic E-state index is 14.2. The number of halogens is 1. The number of para-hydroxylation sites is 2. The summed E-state index contributed by atoms with van der Waals surface area (Å²) in [5.41, 5.74) is 4.74. The van der Waals surface area contributed by atoms with Crippen molar-refractivity contribution in [3.05, 3.63) is 131 Å². The standard InChI is InChI=1S/C36H40FNO4/c1-26(2)32(36(39)40)19-20-38(22-29-13-5-8-17-34(29)41-24-28-12-10-11-27(3)21-28)23-30-14-6-9-18-35(30)42-25-31-15-4-7-16-33(31)37/h4-18,21,26,32H,19-20,22-25H2,1-3H3,(H,39,40). The molecule has 4 aromatic rings. The van der Waals surface area contributed by atoms with Crippen LogP contribution in [0.5, 0.6) is 11.5 Å². The van der Waals surface area contributed by atoms with Gasteiger partial charge in [0.05, 0.1) is 5.92 Å². The minimum absolute atomic E-state index is 0.0192. The van der Waals surface area contributed by atoms with Crippen LogP contribution >= 0.6 is 0 Å². The van der Waals surface area contributed by atoms with Crippen LogP contribution in [-0.2, 0) is 31.1 Å². The van der Waals surface area contributed by atoms with Crippen LogP contribution in [0.3, 0.4) is 0 Å². The lowest BCUT2D eigenvalue weighted by Crippen LogP contribution is -2.29. The van der Waals surface area contributed by atoms with Gasteiger partial charge in [-0.05, 0) is 49.6 Å². The summed E-state index contributed by atoms with van der Waals surface area (Å²) >= 11 is 0. The summed E-state index contributed by atoms with van der Waals surface area (Å²) < 4.78 is 26.6. The minimum Gasteiger partial charge on any atom is -0.489 e. The highest BCUT2D eigenvalue weighted by Crippen LogP contribution is 2.27. The van der Waals surface area contributed by atoms with E-state index in [9.17, 15) is 14.3 Å². The average molecular weight is 570 g/mol. The fourth-order valence-corrected chi connectivity index (χ4v) is 5.04. The third-order valence-electron chi connectivity index (χ3n) is 7.43. The van der Waals surface area contributed by atoms with Crippen molar-refractivity contribution in [1.82, 2.24) is 4.90 Å². The zero-order chi connectivity index (χ0) is 29.9. The van der Waals surface area contributed by atoms with E-state index in [-0.39, 0.29) is 18.3 Å². The summed E-state index contributed by atoms with van der Waals surface area (Å²) in [6.45, 7) is 8.21. The van der Waals surface area contributed by atoms with Crippen LogP contribution in [-0.4, -0.2) is 22.5 Å². The molecule has 0 amide bonds. The van der Waals surface area contributed by atoms with Gasteiger partial charge < -0.3 is 14.6 Å². The molecule has 4 rings (SSSR count). The molecule has 0 aliphatic carbocycles. The van der Waals surface area contributed by atoms with Gasteiger partial charge in [0.1, 0.15) is 30.5 Å². The average Bonchev–Trinajstić information content (AvgIpc) is 2.96. The van der Waals surface area contributed by atoms with Crippen molar-refractivity contribution in [3.8, 4) is 11.5 Å². The second-order valence-electron chi connectivity index (χ2n) is 11.1. The fraction of sp³-hybridized carbons (Fsp3) is 0.306. The number of carboxylic acids is 1. The maximum atomic E-state index is 14.2. The van der Waals surface area contributed by atoms with Gasteiger partial charge in [-0.15, -0.1) is 0 Å². The van der Waals surface area contributed by atoms with Gasteiger partial charge in [0.2, 0.25) is 0 Å². The molecular formula is C36H40FNO4. The third kappa shape index (κ3) is 8.92. The first-order valence-electron chi connectivity index (χ1n) is 14.5. The molecule has 5 nitrogen and oxygen atoms in total. The van der Waals surface area contributed by atoms with Crippen LogP contribution in [0, 0.1) is 24.6 Å². The predicted octanol–water partition coefficient (Wildman–Crippen LogP) is 8.04. The lowest BCUT2D eigenvalue weighted by molar-refractivity contribution is -0.143. The van der Waals surface area contributed by atoms with Crippen LogP contribution in [0.15, 0.2) is 97.1 Å². The first-order chi connectivity index (χ1) is 20.3. The van der Waals surface area contributed by atoms with Gasteiger partial charge in [0, 0.05) is 29.8 Å². The normalized spacial score (nSPS) is 12.0. The zero-order valence-corrected chi connectivity index (χ0v) is 24.6. The second-order valence-corrected chi connectivity index (χ2v) is 11.1. The Morgan fingerprint density at radius 2 is 1.36 bits per heavy atom. The number of aryl methyl sites for hydroxylation is 1. The predicted molar refractivity (Wildman–Crippen MR) is 164 cm³/mol. The van der Waals surface area contributed by atoms with E-state index >= 15 is 0 Å². The lowest BCUT2D eigenvalue weighted by atomic mass is 9.92. The van der Waals surface area contributed by atoms with Crippen molar-refractivity contribution in [2.45, 2.75) is 53.5 Å². The van der Waals surface area contributed by atoms with Gasteiger partial charge in [-0.3, -0.25) is 9.69 Å². The molecule has 1 unspecified atom stereocenters. The van der Waals surface area contributed by atoms with Crippen LogP contribution in [0.2, 0.25) is 0 Å². The molecule has 220 valence electrons. The van der Waals surface area contributed by atoms with Crippen molar-refractivity contribution in [2.75, 3.05) is 6.54 Å². The number of rotatable bonds is 15. The number of carbonyl (C=O) groups is 1. The topological polar surface area (TPSA) is 59.0 Å². The Morgan fingerprint density at radius 1 is 0.786 bits per heavy atom. The van der Waals surface area contributed by atoms with E-state index in [4.69, 9.17) is 9.47 Å². The Morgan fingerprint density at radius 3 is 1.93 bits per heavy atom. The number of aliphatic carboxylic acids is 1. The van der Waals surface area contributed by atoms with Gasteiger partial charge >= 0.3 is 5.97 Å². The van der Waals surface area contributed by atoms with E-state index in [1.165, 1.54) is 11.6 Å². The highest BCUT2D eigenvalue weighted by atomic mass is 19.1. The number of hydrogen-bond donors (Lipinski definition) is 1. The van der Waals surface area contributed by atoms with E-state index in [0.717, 1.165) is 22.4 Å². The Bertz CT molecular complexity index is 1450.